The molecule has 2 aliphatic rings. The van der Waals surface area contributed by atoms with Gasteiger partial charge in [-0.15, -0.1) is 0 Å². The number of carbonyl (C=O) groups excluding carboxylic acids is 3. The minimum atomic E-state index is -0.588. The molecular formula is C23H14N2O7. The van der Waals surface area contributed by atoms with Gasteiger partial charge in [0.1, 0.15) is 0 Å². The number of fused-ring (bicyclic) bond motifs is 2. The molecular weight excluding hydrogens is 416 g/mol. The number of nitro benzene ring substituents is 1. The minimum absolute atomic E-state index is 0.0388. The molecule has 32 heavy (non-hydrogen) atoms. The van der Waals surface area contributed by atoms with E-state index in [0.717, 1.165) is 4.90 Å². The standard InChI is InChI=1S/C23H14N2O7/c26-21(14-2-1-3-16(9-14)25(29)30)15-5-6-17-18(10-15)23(28)24(22(17)27)11-13-4-7-19-20(8-13)32-12-31-19/h1-10H,11-12H2. The number of carbonyl (C=O) groups is 3. The molecule has 9 heteroatoms. The predicted molar refractivity (Wildman–Crippen MR) is 110 cm³/mol. The number of hydrogen-bond donors (Lipinski definition) is 0. The smallest absolute Gasteiger partial charge is 0.270 e. The van der Waals surface area contributed by atoms with Gasteiger partial charge in [-0.25, -0.2) is 0 Å². The Bertz CT molecular complexity index is 1330. The number of hydrogen-bond acceptors (Lipinski definition) is 7. The Morgan fingerprint density at radius 3 is 2.47 bits per heavy atom. The van der Waals surface area contributed by atoms with Crippen molar-refractivity contribution in [3.63, 3.8) is 0 Å². The molecule has 0 radical (unpaired) electrons. The maximum Gasteiger partial charge on any atom is 0.270 e. The van der Waals surface area contributed by atoms with Gasteiger partial charge in [0.25, 0.3) is 17.5 Å². The monoisotopic (exact) mass is 430 g/mol. The van der Waals surface area contributed by atoms with Crippen molar-refractivity contribution in [1.29, 1.82) is 0 Å². The summed E-state index contributed by atoms with van der Waals surface area (Å²) < 4.78 is 10.6. The molecule has 3 aromatic rings. The summed E-state index contributed by atoms with van der Waals surface area (Å²) in [5, 5.41) is 11.0. The Morgan fingerprint density at radius 2 is 1.66 bits per heavy atom. The topological polar surface area (TPSA) is 116 Å². The quantitative estimate of drug-likeness (QED) is 0.264. The molecule has 0 saturated carbocycles. The molecule has 2 amide bonds. The zero-order valence-electron chi connectivity index (χ0n) is 16.4. The Hall–Kier alpha value is -4.53. The molecule has 0 aromatic heterocycles. The van der Waals surface area contributed by atoms with Gasteiger partial charge in [0, 0.05) is 23.3 Å². The van der Waals surface area contributed by atoms with Gasteiger partial charge in [-0.2, -0.15) is 0 Å². The highest BCUT2D eigenvalue weighted by Gasteiger charge is 2.36. The number of ether oxygens (including phenoxy) is 2. The summed E-state index contributed by atoms with van der Waals surface area (Å²) in [4.78, 5) is 50.1. The molecule has 0 saturated heterocycles. The van der Waals surface area contributed by atoms with Gasteiger partial charge in [0.05, 0.1) is 22.6 Å². The molecule has 9 nitrogen and oxygen atoms in total. The second-order valence-electron chi connectivity index (χ2n) is 7.28. The summed E-state index contributed by atoms with van der Waals surface area (Å²) in [6, 6.07) is 14.7. The van der Waals surface area contributed by atoms with Crippen LogP contribution in [0.5, 0.6) is 11.5 Å². The van der Waals surface area contributed by atoms with Gasteiger partial charge in [-0.05, 0) is 29.8 Å². The van der Waals surface area contributed by atoms with Crippen molar-refractivity contribution in [3.05, 3.63) is 98.6 Å². The van der Waals surface area contributed by atoms with Crippen molar-refractivity contribution < 1.29 is 28.8 Å². The van der Waals surface area contributed by atoms with Gasteiger partial charge in [-0.3, -0.25) is 29.4 Å². The third-order valence-electron chi connectivity index (χ3n) is 5.33. The molecule has 0 spiro atoms. The van der Waals surface area contributed by atoms with Gasteiger partial charge in [-0.1, -0.05) is 24.3 Å². The fourth-order valence-electron chi connectivity index (χ4n) is 3.72. The summed E-state index contributed by atoms with van der Waals surface area (Å²) >= 11 is 0. The van der Waals surface area contributed by atoms with Crippen LogP contribution in [0.2, 0.25) is 0 Å². The van der Waals surface area contributed by atoms with Gasteiger partial charge >= 0.3 is 0 Å². The van der Waals surface area contributed by atoms with E-state index in [-0.39, 0.29) is 41.3 Å². The van der Waals surface area contributed by atoms with Crippen LogP contribution in [0.1, 0.15) is 42.2 Å². The van der Waals surface area contributed by atoms with Crippen molar-refractivity contribution in [1.82, 2.24) is 4.90 Å². The summed E-state index contributed by atoms with van der Waals surface area (Å²) in [5.41, 5.74) is 1.08. The van der Waals surface area contributed by atoms with Crippen LogP contribution < -0.4 is 9.47 Å². The first-order valence-corrected chi connectivity index (χ1v) is 9.60. The highest BCUT2D eigenvalue weighted by atomic mass is 16.7. The van der Waals surface area contributed by atoms with E-state index in [1.54, 1.807) is 18.2 Å². The lowest BCUT2D eigenvalue weighted by Crippen LogP contribution is -2.29. The molecule has 5 rings (SSSR count). The van der Waals surface area contributed by atoms with Crippen molar-refractivity contribution in [3.8, 4) is 11.5 Å². The zero-order valence-corrected chi connectivity index (χ0v) is 16.4. The molecule has 0 fully saturated rings. The van der Waals surface area contributed by atoms with Gasteiger partial charge in [0.15, 0.2) is 17.3 Å². The Kier molecular flexibility index (Phi) is 4.44. The molecule has 0 N–H and O–H groups in total. The van der Waals surface area contributed by atoms with Crippen LogP contribution in [0.4, 0.5) is 5.69 Å². The molecule has 0 aliphatic carbocycles. The minimum Gasteiger partial charge on any atom is -0.454 e. The number of non-ortho nitro benzene ring substituents is 1. The number of nitrogens with zero attached hydrogens (tertiary/aromatic N) is 2. The van der Waals surface area contributed by atoms with E-state index in [4.69, 9.17) is 9.47 Å². The number of rotatable bonds is 5. The molecule has 0 atom stereocenters. The Labute approximate surface area is 180 Å². The number of imide groups is 1. The fraction of sp³-hybridized carbons (Fsp3) is 0.0870. The number of nitro groups is 1. The summed E-state index contributed by atoms with van der Waals surface area (Å²) in [7, 11) is 0. The molecule has 0 unspecified atom stereocenters. The average Bonchev–Trinajstić information content (AvgIpc) is 3.37. The van der Waals surface area contributed by atoms with E-state index < -0.39 is 22.5 Å². The van der Waals surface area contributed by atoms with Crippen molar-refractivity contribution in [2.45, 2.75) is 6.54 Å². The fourth-order valence-corrected chi connectivity index (χ4v) is 3.72. The first kappa shape index (κ1) is 19.4. The maximum absolute atomic E-state index is 12.9. The lowest BCUT2D eigenvalue weighted by molar-refractivity contribution is -0.384. The second-order valence-corrected chi connectivity index (χ2v) is 7.28. The number of benzene rings is 3. The Morgan fingerprint density at radius 1 is 0.906 bits per heavy atom. The molecule has 0 bridgehead atoms. The zero-order chi connectivity index (χ0) is 22.4. The molecule has 3 aromatic carbocycles. The van der Waals surface area contributed by atoms with Gasteiger partial charge < -0.3 is 9.47 Å². The first-order valence-electron chi connectivity index (χ1n) is 9.60. The number of amides is 2. The lowest BCUT2D eigenvalue weighted by Gasteiger charge is -2.14. The van der Waals surface area contributed by atoms with Crippen LogP contribution in [0.25, 0.3) is 0 Å². The number of ketones is 1. The van der Waals surface area contributed by atoms with Crippen molar-refractivity contribution in [2.24, 2.45) is 0 Å². The highest BCUT2D eigenvalue weighted by Crippen LogP contribution is 2.34. The second kappa shape index (κ2) is 7.31. The van der Waals surface area contributed by atoms with Crippen molar-refractivity contribution >= 4 is 23.3 Å². The first-order chi connectivity index (χ1) is 15.4. The SMILES string of the molecule is O=C(c1cccc([N+](=O)[O-])c1)c1ccc2c(c1)C(=O)N(Cc1ccc3c(c1)OCO3)C2=O. The lowest BCUT2D eigenvalue weighted by atomic mass is 9.99. The molecule has 2 aliphatic heterocycles. The van der Waals surface area contributed by atoms with Crippen molar-refractivity contribution in [2.75, 3.05) is 6.79 Å². The van der Waals surface area contributed by atoms with Crippen LogP contribution in [-0.4, -0.2) is 34.2 Å². The van der Waals surface area contributed by atoms with E-state index in [0.29, 0.717) is 17.1 Å². The van der Waals surface area contributed by atoms with E-state index >= 15 is 0 Å². The Balaban J connectivity index is 1.42. The van der Waals surface area contributed by atoms with Crippen LogP contribution in [-0.2, 0) is 6.54 Å². The van der Waals surface area contributed by atoms with E-state index in [2.05, 4.69) is 0 Å². The molecule has 158 valence electrons. The predicted octanol–water partition coefficient (Wildman–Crippen LogP) is 3.35. The largest absolute Gasteiger partial charge is 0.454 e. The average molecular weight is 430 g/mol. The maximum atomic E-state index is 12.9. The highest BCUT2D eigenvalue weighted by molar-refractivity contribution is 6.22. The van der Waals surface area contributed by atoms with Crippen LogP contribution in [0, 0.1) is 10.1 Å². The van der Waals surface area contributed by atoms with Crippen LogP contribution in [0.3, 0.4) is 0 Å². The molecule has 2 heterocycles. The summed E-state index contributed by atoms with van der Waals surface area (Å²) in [5.74, 6) is -0.316. The summed E-state index contributed by atoms with van der Waals surface area (Å²) in [6.07, 6.45) is 0. The van der Waals surface area contributed by atoms with E-state index in [9.17, 15) is 24.5 Å². The summed E-state index contributed by atoms with van der Waals surface area (Å²) in [6.45, 7) is 0.157. The van der Waals surface area contributed by atoms with E-state index in [1.807, 2.05) is 0 Å². The third kappa shape index (κ3) is 3.16. The van der Waals surface area contributed by atoms with Crippen LogP contribution in [0.15, 0.2) is 60.7 Å². The third-order valence-corrected chi connectivity index (χ3v) is 5.33. The van der Waals surface area contributed by atoms with Crippen LogP contribution >= 0.6 is 0 Å². The van der Waals surface area contributed by atoms with Gasteiger partial charge in [0.2, 0.25) is 6.79 Å². The normalized spacial score (nSPS) is 13.9. The van der Waals surface area contributed by atoms with E-state index in [1.165, 1.54) is 42.5 Å².